The fourth-order valence-corrected chi connectivity index (χ4v) is 3.95. The van der Waals surface area contributed by atoms with Crippen molar-refractivity contribution in [3.63, 3.8) is 0 Å². The molecule has 6 nitrogen and oxygen atoms in total. The Hall–Kier alpha value is -3.65. The summed E-state index contributed by atoms with van der Waals surface area (Å²) in [4.78, 5) is 27.9. The predicted molar refractivity (Wildman–Crippen MR) is 113 cm³/mol. The Kier molecular flexibility index (Phi) is 5.24. The van der Waals surface area contributed by atoms with Crippen molar-refractivity contribution in [1.82, 2.24) is 0 Å². The molecule has 8 heteroatoms. The molecule has 1 aliphatic rings. The zero-order valence-electron chi connectivity index (χ0n) is 16.1. The van der Waals surface area contributed by atoms with E-state index in [-0.39, 0.29) is 17.0 Å². The number of benzene rings is 2. The average molecular weight is 424 g/mol. The second kappa shape index (κ2) is 8.00. The first-order chi connectivity index (χ1) is 14.5. The molecule has 0 atom stereocenters. The number of hydrogen-bond acceptors (Lipinski definition) is 6. The summed E-state index contributed by atoms with van der Waals surface area (Å²) in [5.74, 6) is -0.898. The van der Waals surface area contributed by atoms with Crippen LogP contribution >= 0.6 is 11.3 Å². The average Bonchev–Trinajstić information content (AvgIpc) is 3.36. The van der Waals surface area contributed by atoms with Crippen LogP contribution in [0.3, 0.4) is 0 Å². The molecular weight excluding hydrogens is 407 g/mol. The highest BCUT2D eigenvalue weighted by atomic mass is 32.1. The van der Waals surface area contributed by atoms with Gasteiger partial charge in [0.1, 0.15) is 23.0 Å². The lowest BCUT2D eigenvalue weighted by Crippen LogP contribution is -2.33. The highest BCUT2D eigenvalue weighted by Crippen LogP contribution is 2.38. The minimum atomic E-state index is -0.659. The normalized spacial score (nSPS) is 13.8. The molecule has 1 aromatic heterocycles. The van der Waals surface area contributed by atoms with Crippen molar-refractivity contribution in [2.45, 2.75) is 0 Å². The lowest BCUT2D eigenvalue weighted by molar-refractivity contribution is -0.120. The van der Waals surface area contributed by atoms with E-state index in [1.807, 2.05) is 0 Å². The number of para-hydroxylation sites is 1. The first kappa shape index (κ1) is 19.7. The van der Waals surface area contributed by atoms with Gasteiger partial charge in [-0.15, -0.1) is 11.3 Å². The van der Waals surface area contributed by atoms with E-state index in [1.54, 1.807) is 41.8 Å². The summed E-state index contributed by atoms with van der Waals surface area (Å²) < 4.78 is 25.0. The van der Waals surface area contributed by atoms with Crippen LogP contribution in [0.1, 0.15) is 4.88 Å². The van der Waals surface area contributed by atoms with E-state index in [1.165, 1.54) is 43.8 Å². The van der Waals surface area contributed by atoms with Gasteiger partial charge in [0.2, 0.25) is 0 Å². The summed E-state index contributed by atoms with van der Waals surface area (Å²) in [6.07, 6.45) is 0. The number of rotatable bonds is 6. The lowest BCUT2D eigenvalue weighted by Gasteiger charge is -2.16. The van der Waals surface area contributed by atoms with Crippen molar-refractivity contribution in [2.24, 2.45) is 0 Å². The van der Waals surface area contributed by atoms with Crippen LogP contribution in [-0.4, -0.2) is 26.0 Å². The summed E-state index contributed by atoms with van der Waals surface area (Å²) in [6, 6.07) is 14.2. The van der Waals surface area contributed by atoms with Crippen molar-refractivity contribution in [3.8, 4) is 11.5 Å². The van der Waals surface area contributed by atoms with E-state index < -0.39 is 17.6 Å². The SMILES string of the molecule is COc1ccc(NC2=C(c3cccs3)C(=O)N(c3ccccc3F)C2=O)c(OC)c1. The summed E-state index contributed by atoms with van der Waals surface area (Å²) in [5, 5.41) is 4.82. The number of methoxy groups -OCH3 is 2. The molecule has 0 radical (unpaired) electrons. The maximum Gasteiger partial charge on any atom is 0.282 e. The molecule has 2 aromatic carbocycles. The van der Waals surface area contributed by atoms with Gasteiger partial charge < -0.3 is 14.8 Å². The van der Waals surface area contributed by atoms with Gasteiger partial charge in [-0.3, -0.25) is 9.59 Å². The number of carbonyl (C=O) groups excluding carboxylic acids is 2. The molecule has 152 valence electrons. The molecule has 0 aliphatic carbocycles. The molecule has 4 rings (SSSR count). The Morgan fingerprint density at radius 1 is 0.967 bits per heavy atom. The summed E-state index contributed by atoms with van der Waals surface area (Å²) >= 11 is 1.32. The fraction of sp³-hybridized carbons (Fsp3) is 0.0909. The second-order valence-corrected chi connectivity index (χ2v) is 7.26. The van der Waals surface area contributed by atoms with Gasteiger partial charge in [0.25, 0.3) is 11.8 Å². The quantitative estimate of drug-likeness (QED) is 0.598. The van der Waals surface area contributed by atoms with E-state index in [9.17, 15) is 14.0 Å². The molecule has 2 heterocycles. The van der Waals surface area contributed by atoms with E-state index in [0.717, 1.165) is 4.90 Å². The first-order valence-corrected chi connectivity index (χ1v) is 9.83. The van der Waals surface area contributed by atoms with E-state index in [2.05, 4.69) is 5.32 Å². The standard InChI is InChI=1S/C22H17FN2O4S/c1-28-13-9-10-15(17(12-13)29-2)24-20-19(18-8-5-11-30-18)21(26)25(22(20)27)16-7-4-3-6-14(16)23/h3-12,24H,1-2H3. The Morgan fingerprint density at radius 2 is 1.77 bits per heavy atom. The van der Waals surface area contributed by atoms with Crippen LogP contribution in [0.4, 0.5) is 15.8 Å². The minimum Gasteiger partial charge on any atom is -0.497 e. The van der Waals surface area contributed by atoms with Crippen molar-refractivity contribution in [3.05, 3.63) is 76.4 Å². The zero-order chi connectivity index (χ0) is 21.3. The Bertz CT molecular complexity index is 1160. The van der Waals surface area contributed by atoms with E-state index in [4.69, 9.17) is 9.47 Å². The van der Waals surface area contributed by atoms with Gasteiger partial charge >= 0.3 is 0 Å². The number of nitrogens with one attached hydrogen (secondary N) is 1. The van der Waals surface area contributed by atoms with Crippen molar-refractivity contribution in [2.75, 3.05) is 24.4 Å². The number of thiophene rings is 1. The number of nitrogens with zero attached hydrogens (tertiary/aromatic N) is 1. The van der Waals surface area contributed by atoms with Gasteiger partial charge in [-0.1, -0.05) is 18.2 Å². The monoisotopic (exact) mass is 424 g/mol. The van der Waals surface area contributed by atoms with Gasteiger partial charge in [-0.05, 0) is 35.7 Å². The van der Waals surface area contributed by atoms with Crippen molar-refractivity contribution < 1.29 is 23.5 Å². The molecular formula is C22H17FN2O4S. The molecule has 30 heavy (non-hydrogen) atoms. The molecule has 0 spiro atoms. The fourth-order valence-electron chi connectivity index (χ4n) is 3.18. The molecule has 0 saturated heterocycles. The number of ether oxygens (including phenoxy) is 2. The van der Waals surface area contributed by atoms with Crippen LogP contribution in [0, 0.1) is 5.82 Å². The van der Waals surface area contributed by atoms with Crippen LogP contribution in [-0.2, 0) is 9.59 Å². The molecule has 0 unspecified atom stereocenters. The smallest absolute Gasteiger partial charge is 0.282 e. The van der Waals surface area contributed by atoms with Gasteiger partial charge in [0.15, 0.2) is 0 Å². The van der Waals surface area contributed by atoms with Crippen molar-refractivity contribution in [1.29, 1.82) is 0 Å². The van der Waals surface area contributed by atoms with Crippen LogP contribution in [0.15, 0.2) is 65.7 Å². The maximum atomic E-state index is 14.4. The molecule has 0 bridgehead atoms. The highest BCUT2D eigenvalue weighted by molar-refractivity contribution is 7.11. The number of halogens is 1. The van der Waals surface area contributed by atoms with Gasteiger partial charge in [0.05, 0.1) is 31.2 Å². The Labute approximate surface area is 176 Å². The number of amides is 2. The van der Waals surface area contributed by atoms with Gasteiger partial charge in [-0.2, -0.15) is 0 Å². The van der Waals surface area contributed by atoms with Gasteiger partial charge in [-0.25, -0.2) is 9.29 Å². The maximum absolute atomic E-state index is 14.4. The number of anilines is 2. The summed E-state index contributed by atoms with van der Waals surface area (Å²) in [7, 11) is 3.02. The Balaban J connectivity index is 1.82. The Morgan fingerprint density at radius 3 is 2.43 bits per heavy atom. The van der Waals surface area contributed by atoms with Crippen LogP contribution < -0.4 is 19.7 Å². The predicted octanol–water partition coefficient (Wildman–Crippen LogP) is 4.30. The lowest BCUT2D eigenvalue weighted by atomic mass is 10.1. The molecule has 1 aliphatic heterocycles. The van der Waals surface area contributed by atoms with Crippen LogP contribution in [0.2, 0.25) is 0 Å². The first-order valence-electron chi connectivity index (χ1n) is 8.95. The molecule has 1 N–H and O–H groups in total. The van der Waals surface area contributed by atoms with Crippen LogP contribution in [0.25, 0.3) is 5.57 Å². The third kappa shape index (κ3) is 3.31. The number of hydrogen-bond donors (Lipinski definition) is 1. The zero-order valence-corrected chi connectivity index (χ0v) is 17.0. The third-order valence-corrected chi connectivity index (χ3v) is 5.50. The minimum absolute atomic E-state index is 0.0502. The molecule has 0 fully saturated rings. The topological polar surface area (TPSA) is 67.9 Å². The summed E-state index contributed by atoms with van der Waals surface area (Å²) in [6.45, 7) is 0. The summed E-state index contributed by atoms with van der Waals surface area (Å²) in [5.41, 5.74) is 0.601. The van der Waals surface area contributed by atoms with E-state index >= 15 is 0 Å². The molecule has 0 saturated carbocycles. The molecule has 3 aromatic rings. The van der Waals surface area contributed by atoms with E-state index in [0.29, 0.717) is 22.1 Å². The van der Waals surface area contributed by atoms with Crippen molar-refractivity contribution >= 4 is 40.1 Å². The second-order valence-electron chi connectivity index (χ2n) is 6.32. The largest absolute Gasteiger partial charge is 0.497 e. The number of carbonyl (C=O) groups is 2. The third-order valence-electron chi connectivity index (χ3n) is 4.61. The number of imide groups is 1. The van der Waals surface area contributed by atoms with Gasteiger partial charge in [0, 0.05) is 10.9 Å². The highest BCUT2D eigenvalue weighted by Gasteiger charge is 2.41. The molecule has 2 amide bonds. The van der Waals surface area contributed by atoms with Crippen LogP contribution in [0.5, 0.6) is 11.5 Å².